The number of Topliss-reactive ketones (excluding diaryl/α,β-unsaturated/α-hetero) is 1. The van der Waals surface area contributed by atoms with Gasteiger partial charge in [-0.05, 0) is 51.0 Å². The highest BCUT2D eigenvalue weighted by molar-refractivity contribution is 7.21. The molecule has 18 heavy (non-hydrogen) atoms. The number of carbonyl (C=O) groups is 1. The number of carbonyl (C=O) groups excluding carboxylic acids is 1. The van der Waals surface area contributed by atoms with Crippen LogP contribution in [0.4, 0.5) is 0 Å². The lowest BCUT2D eigenvalue weighted by atomic mass is 10.1. The lowest BCUT2D eigenvalue weighted by Crippen LogP contribution is -2.14. The Labute approximate surface area is 112 Å². The average Bonchev–Trinajstić information content (AvgIpc) is 2.67. The van der Waals surface area contributed by atoms with Gasteiger partial charge in [0, 0.05) is 11.1 Å². The minimum absolute atomic E-state index is 0.288. The summed E-state index contributed by atoms with van der Waals surface area (Å²) in [5.74, 6) is 0.288. The molecule has 0 saturated carbocycles. The van der Waals surface area contributed by atoms with E-state index in [0.29, 0.717) is 6.42 Å². The number of aryl methyl sites for hydroxylation is 1. The van der Waals surface area contributed by atoms with E-state index in [2.05, 4.69) is 24.0 Å². The molecule has 0 saturated heterocycles. The summed E-state index contributed by atoms with van der Waals surface area (Å²) in [7, 11) is 4.07. The van der Waals surface area contributed by atoms with Crippen molar-refractivity contribution in [3.8, 4) is 0 Å². The highest BCUT2D eigenvalue weighted by Crippen LogP contribution is 2.31. The van der Waals surface area contributed by atoms with Crippen LogP contribution in [0.15, 0.2) is 24.3 Å². The van der Waals surface area contributed by atoms with Gasteiger partial charge in [0.1, 0.15) is 0 Å². The van der Waals surface area contributed by atoms with Gasteiger partial charge in [0.2, 0.25) is 0 Å². The Balaban J connectivity index is 2.15. The van der Waals surface area contributed by atoms with E-state index in [9.17, 15) is 4.79 Å². The Morgan fingerprint density at radius 3 is 2.67 bits per heavy atom. The van der Waals surface area contributed by atoms with Crippen LogP contribution in [-0.2, 0) is 0 Å². The summed E-state index contributed by atoms with van der Waals surface area (Å²) in [6.07, 6.45) is 1.57. The predicted molar refractivity (Wildman–Crippen MR) is 78.7 cm³/mol. The van der Waals surface area contributed by atoms with E-state index in [-0.39, 0.29) is 5.78 Å². The third-order valence-corrected chi connectivity index (χ3v) is 4.42. The molecule has 2 rings (SSSR count). The molecule has 96 valence electrons. The minimum Gasteiger partial charge on any atom is -0.309 e. The number of hydrogen-bond acceptors (Lipinski definition) is 3. The molecule has 0 N–H and O–H groups in total. The Morgan fingerprint density at radius 1 is 1.28 bits per heavy atom. The van der Waals surface area contributed by atoms with Crippen molar-refractivity contribution >= 4 is 27.2 Å². The Morgan fingerprint density at radius 2 is 2.00 bits per heavy atom. The summed E-state index contributed by atoms with van der Waals surface area (Å²) in [6, 6.07) is 8.24. The van der Waals surface area contributed by atoms with Crippen LogP contribution in [0, 0.1) is 6.92 Å². The van der Waals surface area contributed by atoms with Crippen LogP contribution in [-0.4, -0.2) is 31.3 Å². The summed E-state index contributed by atoms with van der Waals surface area (Å²) < 4.78 is 1.21. The number of hydrogen-bond donors (Lipinski definition) is 0. The van der Waals surface area contributed by atoms with Crippen LogP contribution in [0.5, 0.6) is 0 Å². The summed E-state index contributed by atoms with van der Waals surface area (Å²) in [4.78, 5) is 15.3. The van der Waals surface area contributed by atoms with E-state index < -0.39 is 0 Å². The van der Waals surface area contributed by atoms with E-state index >= 15 is 0 Å². The standard InChI is InChI=1S/C15H19NOS/c1-11-12-7-4-5-9-14(12)18-15(11)13(17)8-6-10-16(2)3/h4-5,7,9H,6,8,10H2,1-3H3. The molecule has 0 amide bonds. The largest absolute Gasteiger partial charge is 0.309 e. The van der Waals surface area contributed by atoms with Gasteiger partial charge in [0.15, 0.2) is 5.78 Å². The molecule has 0 bridgehead atoms. The van der Waals surface area contributed by atoms with E-state index in [1.165, 1.54) is 10.1 Å². The van der Waals surface area contributed by atoms with Gasteiger partial charge in [-0.15, -0.1) is 11.3 Å². The predicted octanol–water partition coefficient (Wildman–Crippen LogP) is 3.73. The Bertz CT molecular complexity index is 557. The molecule has 1 heterocycles. The number of thiophene rings is 1. The molecule has 0 atom stereocenters. The van der Waals surface area contributed by atoms with Crippen molar-refractivity contribution in [1.29, 1.82) is 0 Å². The van der Waals surface area contributed by atoms with Crippen molar-refractivity contribution in [3.05, 3.63) is 34.7 Å². The number of ketones is 1. The smallest absolute Gasteiger partial charge is 0.173 e. The summed E-state index contributed by atoms with van der Waals surface area (Å²) in [5.41, 5.74) is 1.14. The number of fused-ring (bicyclic) bond motifs is 1. The van der Waals surface area contributed by atoms with Gasteiger partial charge in [0.05, 0.1) is 4.88 Å². The van der Waals surface area contributed by atoms with Crippen LogP contribution < -0.4 is 0 Å². The van der Waals surface area contributed by atoms with Crippen molar-refractivity contribution in [2.45, 2.75) is 19.8 Å². The maximum atomic E-state index is 12.2. The zero-order chi connectivity index (χ0) is 13.1. The number of nitrogens with zero attached hydrogens (tertiary/aromatic N) is 1. The van der Waals surface area contributed by atoms with Gasteiger partial charge in [0.25, 0.3) is 0 Å². The lowest BCUT2D eigenvalue weighted by molar-refractivity contribution is 0.0981. The molecule has 1 aromatic heterocycles. The van der Waals surface area contributed by atoms with Gasteiger partial charge in [-0.3, -0.25) is 4.79 Å². The highest BCUT2D eigenvalue weighted by Gasteiger charge is 2.14. The molecule has 3 heteroatoms. The van der Waals surface area contributed by atoms with Crippen LogP contribution in [0.3, 0.4) is 0 Å². The monoisotopic (exact) mass is 261 g/mol. The van der Waals surface area contributed by atoms with E-state index in [4.69, 9.17) is 0 Å². The number of benzene rings is 1. The third kappa shape index (κ3) is 2.79. The molecule has 0 aliphatic heterocycles. The molecule has 1 aromatic carbocycles. The lowest BCUT2D eigenvalue weighted by Gasteiger charge is -2.07. The van der Waals surface area contributed by atoms with E-state index in [0.717, 1.165) is 23.4 Å². The maximum absolute atomic E-state index is 12.2. The summed E-state index contributed by atoms with van der Waals surface area (Å²) in [5, 5.41) is 1.22. The molecule has 0 aliphatic carbocycles. The Hall–Kier alpha value is -1.19. The SMILES string of the molecule is Cc1c(C(=O)CCCN(C)C)sc2ccccc12. The van der Waals surface area contributed by atoms with E-state index in [1.54, 1.807) is 11.3 Å². The molecular weight excluding hydrogens is 242 g/mol. The van der Waals surface area contributed by atoms with Gasteiger partial charge >= 0.3 is 0 Å². The van der Waals surface area contributed by atoms with Crippen LogP contribution >= 0.6 is 11.3 Å². The van der Waals surface area contributed by atoms with Crippen molar-refractivity contribution < 1.29 is 4.79 Å². The normalized spacial score (nSPS) is 11.3. The zero-order valence-electron chi connectivity index (χ0n) is 11.2. The molecule has 0 aliphatic rings. The fourth-order valence-electron chi connectivity index (χ4n) is 2.11. The topological polar surface area (TPSA) is 20.3 Å². The second kappa shape index (κ2) is 5.63. The fourth-order valence-corrected chi connectivity index (χ4v) is 3.29. The molecule has 0 radical (unpaired) electrons. The quantitative estimate of drug-likeness (QED) is 0.764. The van der Waals surface area contributed by atoms with Crippen LogP contribution in [0.1, 0.15) is 28.1 Å². The van der Waals surface area contributed by atoms with Gasteiger partial charge in [-0.2, -0.15) is 0 Å². The summed E-state index contributed by atoms with van der Waals surface area (Å²) >= 11 is 1.63. The van der Waals surface area contributed by atoms with Crippen LogP contribution in [0.2, 0.25) is 0 Å². The highest BCUT2D eigenvalue weighted by atomic mass is 32.1. The number of rotatable bonds is 5. The fraction of sp³-hybridized carbons (Fsp3) is 0.400. The first-order valence-electron chi connectivity index (χ1n) is 6.25. The first-order chi connectivity index (χ1) is 8.59. The zero-order valence-corrected chi connectivity index (χ0v) is 12.0. The van der Waals surface area contributed by atoms with Crippen molar-refractivity contribution in [1.82, 2.24) is 4.90 Å². The van der Waals surface area contributed by atoms with Crippen molar-refractivity contribution in [2.75, 3.05) is 20.6 Å². The molecule has 2 nitrogen and oxygen atoms in total. The molecule has 2 aromatic rings. The molecule has 0 unspecified atom stereocenters. The van der Waals surface area contributed by atoms with Crippen molar-refractivity contribution in [3.63, 3.8) is 0 Å². The van der Waals surface area contributed by atoms with Crippen LogP contribution in [0.25, 0.3) is 10.1 Å². The van der Waals surface area contributed by atoms with Crippen molar-refractivity contribution in [2.24, 2.45) is 0 Å². The van der Waals surface area contributed by atoms with E-state index in [1.807, 2.05) is 26.2 Å². The van der Waals surface area contributed by atoms with Gasteiger partial charge in [-0.25, -0.2) is 0 Å². The molecule has 0 fully saturated rings. The Kier molecular flexibility index (Phi) is 4.15. The third-order valence-electron chi connectivity index (χ3n) is 3.11. The maximum Gasteiger partial charge on any atom is 0.173 e. The first kappa shape index (κ1) is 13.2. The first-order valence-corrected chi connectivity index (χ1v) is 7.07. The molecule has 0 spiro atoms. The summed E-state index contributed by atoms with van der Waals surface area (Å²) in [6.45, 7) is 3.02. The second-order valence-corrected chi connectivity index (χ2v) is 5.93. The van der Waals surface area contributed by atoms with Gasteiger partial charge in [-0.1, -0.05) is 18.2 Å². The molecular formula is C15H19NOS. The average molecular weight is 261 g/mol. The van der Waals surface area contributed by atoms with Gasteiger partial charge < -0.3 is 4.90 Å². The minimum atomic E-state index is 0.288. The second-order valence-electron chi connectivity index (χ2n) is 4.88.